The number of nitrogens with one attached hydrogen (secondary N) is 2. The first-order valence-electron chi connectivity index (χ1n) is 8.96. The van der Waals surface area contributed by atoms with E-state index in [1.54, 1.807) is 24.3 Å². The third-order valence-electron chi connectivity index (χ3n) is 4.51. The van der Waals surface area contributed by atoms with Gasteiger partial charge in [-0.2, -0.15) is 0 Å². The average Bonchev–Trinajstić information content (AvgIpc) is 2.72. The van der Waals surface area contributed by atoms with Crippen molar-refractivity contribution in [1.82, 2.24) is 0 Å². The van der Waals surface area contributed by atoms with Crippen molar-refractivity contribution in [2.45, 2.75) is 12.2 Å². The van der Waals surface area contributed by atoms with E-state index in [0.29, 0.717) is 22.9 Å². The molecule has 0 spiro atoms. The molecular weight excluding hydrogens is 412 g/mol. The number of hydrogen-bond acceptors (Lipinski definition) is 7. The molecule has 2 aromatic carbocycles. The molecule has 1 heterocycles. The third kappa shape index (κ3) is 4.77. The minimum atomic E-state index is -4.08. The topological polar surface area (TPSA) is 128 Å². The first kappa shape index (κ1) is 21.3. The van der Waals surface area contributed by atoms with Crippen molar-refractivity contribution >= 4 is 38.8 Å². The Bertz CT molecular complexity index is 1090. The molecular formula is C20H20N2O7S. The minimum absolute atomic E-state index is 0.0891. The van der Waals surface area contributed by atoms with Crippen molar-refractivity contribution in [2.75, 3.05) is 30.1 Å². The van der Waals surface area contributed by atoms with Gasteiger partial charge >= 0.3 is 0 Å². The average molecular weight is 432 g/mol. The number of sulfone groups is 1. The van der Waals surface area contributed by atoms with Gasteiger partial charge in [0.2, 0.25) is 5.91 Å². The van der Waals surface area contributed by atoms with Gasteiger partial charge < -0.3 is 20.1 Å². The number of carbonyl (C=O) groups excluding carboxylic acids is 3. The second-order valence-electron chi connectivity index (χ2n) is 6.64. The quantitative estimate of drug-likeness (QED) is 0.637. The normalized spacial score (nSPS) is 14.0. The van der Waals surface area contributed by atoms with E-state index in [0.717, 1.165) is 0 Å². The molecule has 0 fully saturated rings. The molecule has 2 aromatic rings. The van der Waals surface area contributed by atoms with Crippen LogP contribution in [0.5, 0.6) is 11.5 Å². The minimum Gasteiger partial charge on any atom is -0.497 e. The number of benzene rings is 2. The highest BCUT2D eigenvalue weighted by molar-refractivity contribution is 7.93. The van der Waals surface area contributed by atoms with Crippen molar-refractivity contribution in [3.05, 3.63) is 48.0 Å². The standard InChI is InChI=1S/C20H20N2O7S/c1-12(20(25)13-3-8-17-16(9-13)22-18(23)10-29-17)30(26,27)11-19(24)21-14-4-6-15(28-2)7-5-14/h3-9,12H,10-11H2,1-2H3,(H,21,24)(H,22,23). The summed E-state index contributed by atoms with van der Waals surface area (Å²) in [6.45, 7) is 1.10. The summed E-state index contributed by atoms with van der Waals surface area (Å²) >= 11 is 0. The summed E-state index contributed by atoms with van der Waals surface area (Å²) in [4.78, 5) is 36.3. The lowest BCUT2D eigenvalue weighted by Crippen LogP contribution is -2.34. The number of amides is 2. The molecule has 1 aliphatic heterocycles. The van der Waals surface area contributed by atoms with Gasteiger partial charge in [-0.3, -0.25) is 14.4 Å². The van der Waals surface area contributed by atoms with E-state index in [4.69, 9.17) is 9.47 Å². The molecule has 2 N–H and O–H groups in total. The first-order valence-corrected chi connectivity index (χ1v) is 10.7. The van der Waals surface area contributed by atoms with E-state index in [2.05, 4.69) is 10.6 Å². The zero-order chi connectivity index (χ0) is 21.9. The lowest BCUT2D eigenvalue weighted by atomic mass is 10.1. The second-order valence-corrected chi connectivity index (χ2v) is 8.96. The number of methoxy groups -OCH3 is 1. The molecule has 3 rings (SSSR count). The molecule has 0 saturated carbocycles. The van der Waals surface area contributed by atoms with Gasteiger partial charge in [0.1, 0.15) is 22.5 Å². The van der Waals surface area contributed by atoms with Gasteiger partial charge in [0, 0.05) is 11.3 Å². The van der Waals surface area contributed by atoms with Crippen molar-refractivity contribution in [3.8, 4) is 11.5 Å². The zero-order valence-electron chi connectivity index (χ0n) is 16.3. The van der Waals surface area contributed by atoms with Gasteiger partial charge in [0.25, 0.3) is 5.91 Å². The molecule has 0 aliphatic carbocycles. The largest absolute Gasteiger partial charge is 0.497 e. The Labute approximate surface area is 173 Å². The fraction of sp³-hybridized carbons (Fsp3) is 0.250. The van der Waals surface area contributed by atoms with Crippen molar-refractivity contribution in [2.24, 2.45) is 0 Å². The first-order chi connectivity index (χ1) is 14.2. The van der Waals surface area contributed by atoms with Crippen LogP contribution in [0.1, 0.15) is 17.3 Å². The number of Topliss-reactive ketones (excluding diaryl/α,β-unsaturated/α-hetero) is 1. The van der Waals surface area contributed by atoms with Crippen LogP contribution in [0.25, 0.3) is 0 Å². The molecule has 0 aromatic heterocycles. The summed E-state index contributed by atoms with van der Waals surface area (Å²) < 4.78 is 35.4. The fourth-order valence-electron chi connectivity index (χ4n) is 2.81. The number of ether oxygens (including phenoxy) is 2. The van der Waals surface area contributed by atoms with Crippen molar-refractivity contribution in [1.29, 1.82) is 0 Å². The molecule has 9 nitrogen and oxygen atoms in total. The van der Waals surface area contributed by atoms with Gasteiger partial charge in [0.15, 0.2) is 22.2 Å². The van der Waals surface area contributed by atoms with E-state index >= 15 is 0 Å². The van der Waals surface area contributed by atoms with E-state index in [-0.39, 0.29) is 18.1 Å². The Kier molecular flexibility index (Phi) is 6.06. The Morgan fingerprint density at radius 2 is 1.90 bits per heavy atom. The molecule has 30 heavy (non-hydrogen) atoms. The van der Waals surface area contributed by atoms with E-state index < -0.39 is 32.5 Å². The Morgan fingerprint density at radius 3 is 2.57 bits per heavy atom. The van der Waals surface area contributed by atoms with Crippen molar-refractivity contribution in [3.63, 3.8) is 0 Å². The summed E-state index contributed by atoms with van der Waals surface area (Å²) in [7, 11) is -2.57. The summed E-state index contributed by atoms with van der Waals surface area (Å²) in [5, 5.41) is 3.59. The third-order valence-corrected chi connectivity index (χ3v) is 6.47. The Hall–Kier alpha value is -3.40. The van der Waals surface area contributed by atoms with Gasteiger partial charge in [-0.25, -0.2) is 8.42 Å². The highest BCUT2D eigenvalue weighted by Gasteiger charge is 2.31. The lowest BCUT2D eigenvalue weighted by Gasteiger charge is -2.19. The van der Waals surface area contributed by atoms with Crippen LogP contribution in [0.4, 0.5) is 11.4 Å². The number of rotatable bonds is 7. The van der Waals surface area contributed by atoms with Gasteiger partial charge in [0.05, 0.1) is 12.8 Å². The van der Waals surface area contributed by atoms with Crippen LogP contribution >= 0.6 is 0 Å². The van der Waals surface area contributed by atoms with Crippen molar-refractivity contribution < 1.29 is 32.3 Å². The number of anilines is 2. The molecule has 1 atom stereocenters. The zero-order valence-corrected chi connectivity index (χ0v) is 17.1. The van der Waals surface area contributed by atoms with Crippen LogP contribution in [0, 0.1) is 0 Å². The Balaban J connectivity index is 1.69. The fourth-order valence-corrected chi connectivity index (χ4v) is 3.96. The van der Waals surface area contributed by atoms with Crippen LogP contribution in [0.15, 0.2) is 42.5 Å². The summed E-state index contributed by atoms with van der Waals surface area (Å²) in [6.07, 6.45) is 0. The molecule has 0 bridgehead atoms. The summed E-state index contributed by atoms with van der Waals surface area (Å²) in [5.41, 5.74) is 0.783. The summed E-state index contributed by atoms with van der Waals surface area (Å²) in [6, 6.07) is 10.6. The van der Waals surface area contributed by atoms with Crippen LogP contribution in [-0.2, 0) is 19.4 Å². The van der Waals surface area contributed by atoms with Gasteiger partial charge in [-0.05, 0) is 49.4 Å². The molecule has 2 amide bonds. The van der Waals surface area contributed by atoms with Crippen LogP contribution in [0.2, 0.25) is 0 Å². The molecule has 1 unspecified atom stereocenters. The molecule has 158 valence electrons. The predicted octanol–water partition coefficient (Wildman–Crippen LogP) is 1.65. The maximum Gasteiger partial charge on any atom is 0.262 e. The highest BCUT2D eigenvalue weighted by atomic mass is 32.2. The van der Waals surface area contributed by atoms with Gasteiger partial charge in [-0.15, -0.1) is 0 Å². The van der Waals surface area contributed by atoms with Gasteiger partial charge in [-0.1, -0.05) is 0 Å². The molecule has 10 heteroatoms. The highest BCUT2D eigenvalue weighted by Crippen LogP contribution is 2.29. The maximum absolute atomic E-state index is 12.7. The van der Waals surface area contributed by atoms with E-state index in [1.807, 2.05) is 0 Å². The van der Waals surface area contributed by atoms with Crippen LogP contribution < -0.4 is 20.1 Å². The van der Waals surface area contributed by atoms with E-state index in [1.165, 1.54) is 32.2 Å². The number of hydrogen-bond donors (Lipinski definition) is 2. The molecule has 1 aliphatic rings. The van der Waals surface area contributed by atoms with Crippen LogP contribution in [-0.4, -0.2) is 50.7 Å². The van der Waals surface area contributed by atoms with Crippen LogP contribution in [0.3, 0.4) is 0 Å². The number of fused-ring (bicyclic) bond motifs is 1. The van der Waals surface area contributed by atoms with E-state index in [9.17, 15) is 22.8 Å². The predicted molar refractivity (Wildman–Crippen MR) is 110 cm³/mol. The lowest BCUT2D eigenvalue weighted by molar-refractivity contribution is -0.118. The number of ketones is 1. The Morgan fingerprint density at radius 1 is 1.20 bits per heavy atom. The molecule has 0 saturated heterocycles. The number of carbonyl (C=O) groups is 3. The summed E-state index contributed by atoms with van der Waals surface area (Å²) in [5.74, 6) is -1.69. The monoisotopic (exact) mass is 432 g/mol. The second kappa shape index (κ2) is 8.54. The molecule has 0 radical (unpaired) electrons. The maximum atomic E-state index is 12.7. The SMILES string of the molecule is COc1ccc(NC(=O)CS(=O)(=O)C(C)C(=O)c2ccc3c(c2)NC(=O)CO3)cc1. The smallest absolute Gasteiger partial charge is 0.262 e.